The molecule has 19 heavy (non-hydrogen) atoms. The number of carbonyl (C=O) groups excluding carboxylic acids is 1. The van der Waals surface area contributed by atoms with E-state index in [9.17, 15) is 4.79 Å². The molecule has 0 bridgehead atoms. The molecule has 0 aliphatic carbocycles. The largest absolute Gasteiger partial charge is 0.464 e. The lowest BCUT2D eigenvalue weighted by molar-refractivity contribution is -0.148. The highest BCUT2D eigenvalue weighted by Gasteiger charge is 2.01. The van der Waals surface area contributed by atoms with Crippen LogP contribution in [0, 0.1) is 0 Å². The van der Waals surface area contributed by atoms with Gasteiger partial charge in [-0.1, -0.05) is 0 Å². The Bertz CT molecular complexity index is 538. The number of benzene rings is 1. The lowest BCUT2D eigenvalue weighted by atomic mass is 10.2. The van der Waals surface area contributed by atoms with Gasteiger partial charge in [0.2, 0.25) is 0 Å². The van der Waals surface area contributed by atoms with Gasteiger partial charge in [0.15, 0.2) is 0 Å². The fourth-order valence-corrected chi connectivity index (χ4v) is 2.47. The number of carbonyl (C=O) groups is 1. The summed E-state index contributed by atoms with van der Waals surface area (Å²) in [4.78, 5) is 11.0. The van der Waals surface area contributed by atoms with Crippen LogP contribution in [-0.4, -0.2) is 32.3 Å². The zero-order valence-corrected chi connectivity index (χ0v) is 11.7. The molecule has 102 valence electrons. The summed E-state index contributed by atoms with van der Waals surface area (Å²) in [7, 11) is 0. The molecule has 1 aromatic carbocycles. The zero-order chi connectivity index (χ0) is 13.5. The van der Waals surface area contributed by atoms with E-state index in [0.717, 1.165) is 5.69 Å². The summed E-state index contributed by atoms with van der Waals surface area (Å²) in [5.41, 5.74) is 1.06. The van der Waals surface area contributed by atoms with Crippen molar-refractivity contribution in [3.05, 3.63) is 29.6 Å². The molecule has 0 unspecified atom stereocenters. The maximum atomic E-state index is 11.0. The topological polar surface area (TPSA) is 47.6 Å². The Kier molecular flexibility index (Phi) is 5.18. The number of anilines is 1. The van der Waals surface area contributed by atoms with Crippen molar-refractivity contribution in [3.8, 4) is 0 Å². The van der Waals surface area contributed by atoms with Gasteiger partial charge in [-0.2, -0.15) is 0 Å². The molecular weight excluding hydrogens is 262 g/mol. The van der Waals surface area contributed by atoms with Crippen LogP contribution in [0.15, 0.2) is 29.6 Å². The molecule has 5 heteroatoms. The quantitative estimate of drug-likeness (QED) is 0.625. The standard InChI is InChI=1S/C14H17NO3S/c1-2-18-14(16)10-17-7-6-15-12-3-4-13-11(9-12)5-8-19-13/h3-5,8-9,15H,2,6-7,10H2,1H3. The zero-order valence-electron chi connectivity index (χ0n) is 10.8. The van der Waals surface area contributed by atoms with E-state index < -0.39 is 0 Å². The van der Waals surface area contributed by atoms with Crippen LogP contribution in [0.2, 0.25) is 0 Å². The van der Waals surface area contributed by atoms with Crippen LogP contribution in [-0.2, 0) is 14.3 Å². The Morgan fingerprint density at radius 1 is 1.37 bits per heavy atom. The number of ether oxygens (including phenoxy) is 2. The second kappa shape index (κ2) is 7.11. The third-order valence-corrected chi connectivity index (χ3v) is 3.45. The first-order valence-electron chi connectivity index (χ1n) is 6.24. The maximum absolute atomic E-state index is 11.0. The minimum atomic E-state index is -0.317. The van der Waals surface area contributed by atoms with Gasteiger partial charge in [-0.3, -0.25) is 0 Å². The molecule has 4 nitrogen and oxygen atoms in total. The van der Waals surface area contributed by atoms with Crippen molar-refractivity contribution in [1.29, 1.82) is 0 Å². The van der Waals surface area contributed by atoms with E-state index in [2.05, 4.69) is 28.9 Å². The number of fused-ring (bicyclic) bond motifs is 1. The van der Waals surface area contributed by atoms with Crippen molar-refractivity contribution in [2.24, 2.45) is 0 Å². The van der Waals surface area contributed by atoms with E-state index in [1.54, 1.807) is 18.3 Å². The van der Waals surface area contributed by atoms with Crippen LogP contribution >= 0.6 is 11.3 Å². The van der Waals surface area contributed by atoms with Gasteiger partial charge in [0, 0.05) is 16.9 Å². The summed E-state index contributed by atoms with van der Waals surface area (Å²) < 4.78 is 11.3. The number of thiophene rings is 1. The average molecular weight is 279 g/mol. The third-order valence-electron chi connectivity index (χ3n) is 2.55. The Morgan fingerprint density at radius 3 is 3.11 bits per heavy atom. The molecule has 0 saturated carbocycles. The number of esters is 1. The predicted octanol–water partition coefficient (Wildman–Crippen LogP) is 2.89. The Labute approximate surface area is 116 Å². The van der Waals surface area contributed by atoms with Crippen LogP contribution in [0.4, 0.5) is 5.69 Å². The molecule has 0 saturated heterocycles. The highest BCUT2D eigenvalue weighted by Crippen LogP contribution is 2.23. The smallest absolute Gasteiger partial charge is 0.332 e. The second-order valence-electron chi connectivity index (χ2n) is 3.96. The lowest BCUT2D eigenvalue weighted by Crippen LogP contribution is -2.16. The van der Waals surface area contributed by atoms with Gasteiger partial charge in [0.1, 0.15) is 6.61 Å². The van der Waals surface area contributed by atoms with Gasteiger partial charge in [0.25, 0.3) is 0 Å². The van der Waals surface area contributed by atoms with E-state index in [0.29, 0.717) is 19.8 Å². The molecule has 0 spiro atoms. The molecule has 0 atom stereocenters. The summed E-state index contributed by atoms with van der Waals surface area (Å²) >= 11 is 1.73. The Morgan fingerprint density at radius 2 is 2.26 bits per heavy atom. The van der Waals surface area contributed by atoms with Crippen molar-refractivity contribution >= 4 is 33.1 Å². The highest BCUT2D eigenvalue weighted by atomic mass is 32.1. The molecular formula is C14H17NO3S. The number of nitrogens with one attached hydrogen (secondary N) is 1. The van der Waals surface area contributed by atoms with Crippen molar-refractivity contribution in [2.75, 3.05) is 31.7 Å². The van der Waals surface area contributed by atoms with Crippen molar-refractivity contribution in [1.82, 2.24) is 0 Å². The monoisotopic (exact) mass is 279 g/mol. The van der Waals surface area contributed by atoms with Crippen LogP contribution in [0.5, 0.6) is 0 Å². The molecule has 0 aliphatic rings. The van der Waals surface area contributed by atoms with Gasteiger partial charge in [-0.25, -0.2) is 4.79 Å². The second-order valence-corrected chi connectivity index (χ2v) is 4.91. The molecule has 0 radical (unpaired) electrons. The molecule has 1 N–H and O–H groups in total. The summed E-state index contributed by atoms with van der Waals surface area (Å²) in [5.74, 6) is -0.317. The first-order valence-corrected chi connectivity index (χ1v) is 7.12. The molecule has 0 amide bonds. The molecule has 1 aromatic heterocycles. The van der Waals surface area contributed by atoms with Crippen LogP contribution in [0.3, 0.4) is 0 Å². The molecule has 2 aromatic rings. The summed E-state index contributed by atoms with van der Waals surface area (Å²) in [6.45, 7) is 3.32. The van der Waals surface area contributed by atoms with Gasteiger partial charge >= 0.3 is 5.97 Å². The van der Waals surface area contributed by atoms with E-state index in [1.165, 1.54) is 10.1 Å². The van der Waals surface area contributed by atoms with Gasteiger partial charge < -0.3 is 14.8 Å². The SMILES string of the molecule is CCOC(=O)COCCNc1ccc2sccc2c1. The molecule has 2 rings (SSSR count). The summed E-state index contributed by atoms with van der Waals surface area (Å²) in [5, 5.41) is 6.58. The molecule has 0 fully saturated rings. The van der Waals surface area contributed by atoms with E-state index in [-0.39, 0.29) is 12.6 Å². The summed E-state index contributed by atoms with van der Waals surface area (Å²) in [6, 6.07) is 8.35. The van der Waals surface area contributed by atoms with Gasteiger partial charge in [0.05, 0.1) is 13.2 Å². The number of hydrogen-bond acceptors (Lipinski definition) is 5. The van der Waals surface area contributed by atoms with Crippen molar-refractivity contribution in [2.45, 2.75) is 6.92 Å². The minimum absolute atomic E-state index is 0.0130. The lowest BCUT2D eigenvalue weighted by Gasteiger charge is -2.07. The minimum Gasteiger partial charge on any atom is -0.464 e. The van der Waals surface area contributed by atoms with Crippen LogP contribution in [0.1, 0.15) is 6.92 Å². The fraction of sp³-hybridized carbons (Fsp3) is 0.357. The third kappa shape index (κ3) is 4.22. The van der Waals surface area contributed by atoms with Gasteiger partial charge in [-0.15, -0.1) is 11.3 Å². The van der Waals surface area contributed by atoms with Crippen molar-refractivity contribution in [3.63, 3.8) is 0 Å². The van der Waals surface area contributed by atoms with E-state index >= 15 is 0 Å². The first kappa shape index (κ1) is 13.8. The Hall–Kier alpha value is -1.59. The fourth-order valence-electron chi connectivity index (χ4n) is 1.70. The van der Waals surface area contributed by atoms with E-state index in [1.807, 2.05) is 6.07 Å². The van der Waals surface area contributed by atoms with Crippen LogP contribution < -0.4 is 5.32 Å². The summed E-state index contributed by atoms with van der Waals surface area (Å²) in [6.07, 6.45) is 0. The predicted molar refractivity (Wildman–Crippen MR) is 77.8 cm³/mol. The van der Waals surface area contributed by atoms with Crippen molar-refractivity contribution < 1.29 is 14.3 Å². The molecule has 0 aliphatic heterocycles. The van der Waals surface area contributed by atoms with E-state index in [4.69, 9.17) is 9.47 Å². The molecule has 1 heterocycles. The van der Waals surface area contributed by atoms with Gasteiger partial charge in [-0.05, 0) is 42.0 Å². The maximum Gasteiger partial charge on any atom is 0.332 e. The normalized spacial score (nSPS) is 10.6. The number of hydrogen-bond donors (Lipinski definition) is 1. The average Bonchev–Trinajstić information content (AvgIpc) is 2.86. The first-order chi connectivity index (χ1) is 9.29. The number of rotatable bonds is 7. The Balaban J connectivity index is 1.69. The van der Waals surface area contributed by atoms with Crippen LogP contribution in [0.25, 0.3) is 10.1 Å². The highest BCUT2D eigenvalue weighted by molar-refractivity contribution is 7.17.